The molecule has 3 heteroatoms. The predicted molar refractivity (Wildman–Crippen MR) is 116 cm³/mol. The van der Waals surface area contributed by atoms with E-state index in [1.54, 1.807) is 0 Å². The van der Waals surface area contributed by atoms with Crippen LogP contribution in [0, 0.1) is 5.92 Å². The molecule has 152 valence electrons. The third-order valence-corrected chi connectivity index (χ3v) is 5.70. The number of piperidine rings is 1. The molecule has 1 aliphatic rings. The van der Waals surface area contributed by atoms with Gasteiger partial charge in [-0.2, -0.15) is 0 Å². The summed E-state index contributed by atoms with van der Waals surface area (Å²) in [5.41, 5.74) is 2.17. The van der Waals surface area contributed by atoms with Gasteiger partial charge in [0.2, 0.25) is 0 Å². The molecule has 0 amide bonds. The van der Waals surface area contributed by atoms with Crippen molar-refractivity contribution in [2.24, 2.45) is 5.92 Å². The van der Waals surface area contributed by atoms with Crippen LogP contribution in [0.2, 0.25) is 0 Å². The maximum absolute atomic E-state index is 11.2. The van der Waals surface area contributed by atoms with Crippen molar-refractivity contribution in [3.63, 3.8) is 0 Å². The SMILES string of the molecule is CC(C)CCOc1ccc([C@H](O)[C@@H](CN2CCCCC2)c2ccccc2)cc1. The van der Waals surface area contributed by atoms with Crippen molar-refractivity contribution in [2.45, 2.75) is 51.6 Å². The largest absolute Gasteiger partial charge is 0.494 e. The Balaban J connectivity index is 1.70. The minimum absolute atomic E-state index is 0.0759. The van der Waals surface area contributed by atoms with Crippen molar-refractivity contribution in [3.05, 3.63) is 65.7 Å². The van der Waals surface area contributed by atoms with E-state index < -0.39 is 6.10 Å². The van der Waals surface area contributed by atoms with Crippen LogP contribution in [0.1, 0.15) is 62.7 Å². The monoisotopic (exact) mass is 381 g/mol. The Bertz CT molecular complexity index is 677. The van der Waals surface area contributed by atoms with E-state index in [0.29, 0.717) is 5.92 Å². The highest BCUT2D eigenvalue weighted by Gasteiger charge is 2.26. The van der Waals surface area contributed by atoms with E-state index in [2.05, 4.69) is 43.0 Å². The number of benzene rings is 2. The van der Waals surface area contributed by atoms with Crippen molar-refractivity contribution in [1.29, 1.82) is 0 Å². The highest BCUT2D eigenvalue weighted by molar-refractivity contribution is 5.32. The summed E-state index contributed by atoms with van der Waals surface area (Å²) in [5, 5.41) is 11.2. The standard InChI is InChI=1S/C25H35NO2/c1-20(2)15-18-28-23-13-11-22(12-14-23)25(27)24(21-9-5-3-6-10-21)19-26-16-7-4-8-17-26/h3,5-6,9-14,20,24-25,27H,4,7-8,15-19H2,1-2H3/t24-,25-/m0/s1. The molecule has 1 heterocycles. The highest BCUT2D eigenvalue weighted by atomic mass is 16.5. The van der Waals surface area contributed by atoms with Crippen molar-refractivity contribution >= 4 is 0 Å². The van der Waals surface area contributed by atoms with Crippen LogP contribution in [0.25, 0.3) is 0 Å². The molecule has 1 N–H and O–H groups in total. The highest BCUT2D eigenvalue weighted by Crippen LogP contribution is 2.33. The zero-order valence-corrected chi connectivity index (χ0v) is 17.4. The Morgan fingerprint density at radius 1 is 0.893 bits per heavy atom. The van der Waals surface area contributed by atoms with Gasteiger partial charge in [-0.05, 0) is 61.5 Å². The molecule has 3 nitrogen and oxygen atoms in total. The Hall–Kier alpha value is -1.84. The van der Waals surface area contributed by atoms with Crippen molar-refractivity contribution < 1.29 is 9.84 Å². The maximum atomic E-state index is 11.2. The first-order valence-corrected chi connectivity index (χ1v) is 10.8. The first-order chi connectivity index (χ1) is 13.6. The van der Waals surface area contributed by atoms with E-state index in [1.807, 2.05) is 30.3 Å². The molecule has 2 aromatic carbocycles. The Kier molecular flexibility index (Phi) is 7.93. The Morgan fingerprint density at radius 2 is 1.57 bits per heavy atom. The Morgan fingerprint density at radius 3 is 2.21 bits per heavy atom. The van der Waals surface area contributed by atoms with Gasteiger partial charge in [-0.3, -0.25) is 0 Å². The number of rotatable bonds is 9. The zero-order valence-electron chi connectivity index (χ0n) is 17.4. The number of likely N-dealkylation sites (tertiary alicyclic amines) is 1. The number of hydrogen-bond acceptors (Lipinski definition) is 3. The molecule has 1 aliphatic heterocycles. The minimum Gasteiger partial charge on any atom is -0.494 e. The van der Waals surface area contributed by atoms with Gasteiger partial charge in [0, 0.05) is 12.5 Å². The summed E-state index contributed by atoms with van der Waals surface area (Å²) in [6.45, 7) is 8.32. The molecule has 0 spiro atoms. The van der Waals surface area contributed by atoms with E-state index in [9.17, 15) is 5.11 Å². The smallest absolute Gasteiger partial charge is 0.119 e. The summed E-state index contributed by atoms with van der Waals surface area (Å²) in [6, 6.07) is 18.5. The molecular weight excluding hydrogens is 346 g/mol. The van der Waals surface area contributed by atoms with Gasteiger partial charge in [0.05, 0.1) is 12.7 Å². The molecule has 2 aromatic rings. The van der Waals surface area contributed by atoms with Crippen molar-refractivity contribution in [2.75, 3.05) is 26.2 Å². The lowest BCUT2D eigenvalue weighted by Gasteiger charge is -2.33. The second kappa shape index (κ2) is 10.6. The first-order valence-electron chi connectivity index (χ1n) is 10.8. The van der Waals surface area contributed by atoms with E-state index in [0.717, 1.165) is 44.0 Å². The van der Waals surface area contributed by atoms with E-state index in [1.165, 1.54) is 24.8 Å². The van der Waals surface area contributed by atoms with Crippen LogP contribution >= 0.6 is 0 Å². The number of hydrogen-bond donors (Lipinski definition) is 1. The summed E-state index contributed by atoms with van der Waals surface area (Å²) in [6.07, 6.45) is 4.39. The number of ether oxygens (including phenoxy) is 1. The lowest BCUT2D eigenvalue weighted by Crippen LogP contribution is -2.35. The molecule has 0 aliphatic carbocycles. The van der Waals surface area contributed by atoms with Crippen LogP contribution in [0.4, 0.5) is 0 Å². The molecule has 0 radical (unpaired) electrons. The van der Waals surface area contributed by atoms with Gasteiger partial charge in [0.25, 0.3) is 0 Å². The fourth-order valence-corrected chi connectivity index (χ4v) is 3.91. The van der Waals surface area contributed by atoms with Gasteiger partial charge in [-0.1, -0.05) is 62.7 Å². The number of nitrogens with zero attached hydrogens (tertiary/aromatic N) is 1. The Labute approximate surface area is 170 Å². The quantitative estimate of drug-likeness (QED) is 0.630. The maximum Gasteiger partial charge on any atom is 0.119 e. The third-order valence-electron chi connectivity index (χ3n) is 5.70. The topological polar surface area (TPSA) is 32.7 Å². The van der Waals surface area contributed by atoms with Gasteiger partial charge in [-0.25, -0.2) is 0 Å². The zero-order chi connectivity index (χ0) is 19.8. The van der Waals surface area contributed by atoms with Crippen LogP contribution in [-0.4, -0.2) is 36.2 Å². The average Bonchev–Trinajstić information content (AvgIpc) is 2.73. The molecule has 0 saturated carbocycles. The van der Waals surface area contributed by atoms with Crippen LogP contribution in [0.15, 0.2) is 54.6 Å². The molecule has 0 aromatic heterocycles. The van der Waals surface area contributed by atoms with Crippen LogP contribution in [-0.2, 0) is 0 Å². The molecule has 1 saturated heterocycles. The van der Waals surface area contributed by atoms with E-state index in [4.69, 9.17) is 4.74 Å². The van der Waals surface area contributed by atoms with Gasteiger partial charge in [-0.15, -0.1) is 0 Å². The summed E-state index contributed by atoms with van der Waals surface area (Å²) in [7, 11) is 0. The van der Waals surface area contributed by atoms with Gasteiger partial charge < -0.3 is 14.7 Å². The summed E-state index contributed by atoms with van der Waals surface area (Å²) >= 11 is 0. The summed E-state index contributed by atoms with van der Waals surface area (Å²) in [4.78, 5) is 2.51. The van der Waals surface area contributed by atoms with Crippen molar-refractivity contribution in [3.8, 4) is 5.75 Å². The lowest BCUT2D eigenvalue weighted by molar-refractivity contribution is 0.109. The van der Waals surface area contributed by atoms with Gasteiger partial charge in [0.1, 0.15) is 5.75 Å². The normalized spacial score (nSPS) is 17.4. The molecule has 0 bridgehead atoms. The van der Waals surface area contributed by atoms with Crippen LogP contribution in [0.5, 0.6) is 5.75 Å². The van der Waals surface area contributed by atoms with Gasteiger partial charge >= 0.3 is 0 Å². The fraction of sp³-hybridized carbons (Fsp3) is 0.520. The summed E-state index contributed by atoms with van der Waals surface area (Å²) < 4.78 is 5.83. The number of aliphatic hydroxyl groups is 1. The minimum atomic E-state index is -0.519. The second-order valence-electron chi connectivity index (χ2n) is 8.42. The number of aliphatic hydroxyl groups excluding tert-OH is 1. The lowest BCUT2D eigenvalue weighted by atomic mass is 9.88. The molecule has 3 rings (SSSR count). The van der Waals surface area contributed by atoms with E-state index in [-0.39, 0.29) is 5.92 Å². The van der Waals surface area contributed by atoms with Crippen LogP contribution < -0.4 is 4.74 Å². The molecule has 2 atom stereocenters. The molecule has 0 unspecified atom stereocenters. The van der Waals surface area contributed by atoms with Crippen LogP contribution in [0.3, 0.4) is 0 Å². The molecule has 1 fully saturated rings. The van der Waals surface area contributed by atoms with Crippen molar-refractivity contribution in [1.82, 2.24) is 4.90 Å². The predicted octanol–water partition coefficient (Wildman–Crippen LogP) is 5.41. The fourth-order valence-electron chi connectivity index (χ4n) is 3.91. The van der Waals surface area contributed by atoms with E-state index >= 15 is 0 Å². The summed E-state index contributed by atoms with van der Waals surface area (Å²) in [5.74, 6) is 1.60. The second-order valence-corrected chi connectivity index (χ2v) is 8.42. The average molecular weight is 382 g/mol. The first kappa shape index (κ1) is 20.9. The molecule has 28 heavy (non-hydrogen) atoms. The van der Waals surface area contributed by atoms with Gasteiger partial charge in [0.15, 0.2) is 0 Å². The molecular formula is C25H35NO2. The third kappa shape index (κ3) is 6.08.